The molecule has 0 spiro atoms. The second-order valence-corrected chi connectivity index (χ2v) is 7.37. The number of aromatic nitrogens is 2. The summed E-state index contributed by atoms with van der Waals surface area (Å²) >= 11 is 0. The van der Waals surface area contributed by atoms with Gasteiger partial charge in [-0.15, -0.1) is 0 Å². The molecular formula is C23H26N4O. The summed E-state index contributed by atoms with van der Waals surface area (Å²) in [7, 11) is 0. The van der Waals surface area contributed by atoms with Gasteiger partial charge in [0.2, 0.25) is 5.91 Å². The maximum Gasteiger partial charge on any atom is 0.223 e. The van der Waals surface area contributed by atoms with Crippen LogP contribution in [-0.4, -0.2) is 33.7 Å². The highest BCUT2D eigenvalue weighted by Gasteiger charge is 2.25. The van der Waals surface area contributed by atoms with E-state index in [0.717, 1.165) is 43.7 Å². The quantitative estimate of drug-likeness (QED) is 0.718. The van der Waals surface area contributed by atoms with Gasteiger partial charge in [-0.2, -0.15) is 5.10 Å². The predicted octanol–water partition coefficient (Wildman–Crippen LogP) is 3.54. The Morgan fingerprint density at radius 1 is 0.964 bits per heavy atom. The van der Waals surface area contributed by atoms with Gasteiger partial charge >= 0.3 is 0 Å². The molecule has 1 aromatic heterocycles. The maximum atomic E-state index is 12.4. The van der Waals surface area contributed by atoms with Crippen LogP contribution in [0.1, 0.15) is 18.4 Å². The molecule has 28 heavy (non-hydrogen) atoms. The minimum Gasteiger partial charge on any atom is -0.352 e. The van der Waals surface area contributed by atoms with Crippen molar-refractivity contribution in [3.63, 3.8) is 0 Å². The third kappa shape index (κ3) is 4.67. The number of nitrogens with zero attached hydrogens (tertiary/aromatic N) is 3. The molecule has 0 bridgehead atoms. The first-order valence-corrected chi connectivity index (χ1v) is 9.90. The van der Waals surface area contributed by atoms with Crippen LogP contribution in [0.2, 0.25) is 0 Å². The molecule has 1 aliphatic rings. The lowest BCUT2D eigenvalue weighted by Gasteiger charge is -2.31. The van der Waals surface area contributed by atoms with Crippen molar-refractivity contribution in [2.24, 2.45) is 5.92 Å². The second-order valence-electron chi connectivity index (χ2n) is 7.37. The number of amides is 1. The number of carbonyl (C=O) groups is 1. The number of likely N-dealkylation sites (tertiary alicyclic amines) is 1. The first-order valence-electron chi connectivity index (χ1n) is 9.90. The van der Waals surface area contributed by atoms with E-state index in [4.69, 9.17) is 0 Å². The van der Waals surface area contributed by atoms with Crippen molar-refractivity contribution in [1.29, 1.82) is 0 Å². The van der Waals surface area contributed by atoms with E-state index in [1.165, 1.54) is 5.56 Å². The molecule has 2 heterocycles. The first kappa shape index (κ1) is 18.4. The van der Waals surface area contributed by atoms with Gasteiger partial charge in [0.25, 0.3) is 0 Å². The molecule has 1 saturated heterocycles. The van der Waals surface area contributed by atoms with E-state index >= 15 is 0 Å². The van der Waals surface area contributed by atoms with E-state index in [9.17, 15) is 4.79 Å². The van der Waals surface area contributed by atoms with Crippen molar-refractivity contribution >= 4 is 5.91 Å². The van der Waals surface area contributed by atoms with Crippen LogP contribution in [0.3, 0.4) is 0 Å². The Balaban J connectivity index is 1.24. The Kier molecular flexibility index (Phi) is 5.83. The zero-order valence-corrected chi connectivity index (χ0v) is 16.0. The van der Waals surface area contributed by atoms with Crippen LogP contribution < -0.4 is 5.32 Å². The molecule has 1 aliphatic heterocycles. The highest BCUT2D eigenvalue weighted by molar-refractivity contribution is 5.78. The van der Waals surface area contributed by atoms with Crippen molar-refractivity contribution in [3.05, 3.63) is 78.6 Å². The lowest BCUT2D eigenvalue weighted by molar-refractivity contribution is -0.126. The molecule has 1 fully saturated rings. The van der Waals surface area contributed by atoms with Gasteiger partial charge in [-0.3, -0.25) is 14.4 Å². The van der Waals surface area contributed by atoms with Gasteiger partial charge in [0.05, 0.1) is 12.9 Å². The van der Waals surface area contributed by atoms with Crippen molar-refractivity contribution in [1.82, 2.24) is 20.0 Å². The number of rotatable bonds is 6. The Morgan fingerprint density at radius 3 is 2.36 bits per heavy atom. The second kappa shape index (κ2) is 8.85. The Hall–Kier alpha value is -2.92. The summed E-state index contributed by atoms with van der Waals surface area (Å²) < 4.78 is 1.98. The highest BCUT2D eigenvalue weighted by Crippen LogP contribution is 2.20. The standard InChI is InChI=1S/C23H26N4O/c28-23(24-15-19-7-3-1-4-8-19)21-11-13-26(14-12-21)18-27-17-22(16-25-27)20-9-5-2-6-10-20/h1-10,16-17,21H,11-15,18H2,(H,24,28). The van der Waals surface area contributed by atoms with Gasteiger partial charge in [-0.05, 0) is 24.0 Å². The molecule has 5 heteroatoms. The zero-order chi connectivity index (χ0) is 19.2. The molecule has 0 radical (unpaired) electrons. The minimum atomic E-state index is 0.109. The van der Waals surface area contributed by atoms with Crippen molar-refractivity contribution in [3.8, 4) is 11.1 Å². The Labute approximate surface area is 166 Å². The molecule has 2 aromatic carbocycles. The minimum absolute atomic E-state index is 0.109. The Morgan fingerprint density at radius 2 is 1.64 bits per heavy atom. The third-order valence-electron chi connectivity index (χ3n) is 5.35. The molecular weight excluding hydrogens is 348 g/mol. The van der Waals surface area contributed by atoms with Crippen molar-refractivity contribution in [2.45, 2.75) is 26.1 Å². The monoisotopic (exact) mass is 374 g/mol. The number of hydrogen-bond donors (Lipinski definition) is 1. The molecule has 3 aromatic rings. The lowest BCUT2D eigenvalue weighted by atomic mass is 9.96. The number of piperidine rings is 1. The van der Waals surface area contributed by atoms with Crippen molar-refractivity contribution in [2.75, 3.05) is 13.1 Å². The topological polar surface area (TPSA) is 50.2 Å². The van der Waals surface area contributed by atoms with Gasteiger partial charge in [0.15, 0.2) is 0 Å². The summed E-state index contributed by atoms with van der Waals surface area (Å²) in [6.07, 6.45) is 5.80. The van der Waals surface area contributed by atoms with Gasteiger partial charge in [0, 0.05) is 37.3 Å². The van der Waals surface area contributed by atoms with E-state index < -0.39 is 0 Å². The van der Waals surface area contributed by atoms with Gasteiger partial charge in [-0.25, -0.2) is 0 Å². The smallest absolute Gasteiger partial charge is 0.223 e. The molecule has 5 nitrogen and oxygen atoms in total. The molecule has 0 saturated carbocycles. The number of benzene rings is 2. The van der Waals surface area contributed by atoms with Gasteiger partial charge in [0.1, 0.15) is 0 Å². The van der Waals surface area contributed by atoms with E-state index in [-0.39, 0.29) is 11.8 Å². The van der Waals surface area contributed by atoms with E-state index in [2.05, 4.69) is 33.6 Å². The van der Waals surface area contributed by atoms with E-state index in [1.54, 1.807) is 0 Å². The molecule has 0 unspecified atom stereocenters. The average molecular weight is 374 g/mol. The fourth-order valence-corrected chi connectivity index (χ4v) is 3.69. The SMILES string of the molecule is O=C(NCc1ccccc1)C1CCN(Cn2cc(-c3ccccc3)cn2)CC1. The van der Waals surface area contributed by atoms with Gasteiger partial charge in [-0.1, -0.05) is 60.7 Å². The predicted molar refractivity (Wildman–Crippen MR) is 110 cm³/mol. The fraction of sp³-hybridized carbons (Fsp3) is 0.304. The summed E-state index contributed by atoms with van der Waals surface area (Å²) in [5, 5.41) is 7.58. The van der Waals surface area contributed by atoms with Crippen LogP contribution in [0, 0.1) is 5.92 Å². The fourth-order valence-electron chi connectivity index (χ4n) is 3.69. The average Bonchev–Trinajstić information content (AvgIpc) is 3.22. The molecule has 0 atom stereocenters. The summed E-state index contributed by atoms with van der Waals surface area (Å²) in [5.41, 5.74) is 3.46. The molecule has 1 amide bonds. The van der Waals surface area contributed by atoms with Gasteiger partial charge < -0.3 is 5.32 Å². The summed E-state index contributed by atoms with van der Waals surface area (Å²) in [6, 6.07) is 20.4. The van der Waals surface area contributed by atoms with Crippen molar-refractivity contribution < 1.29 is 4.79 Å². The molecule has 144 valence electrons. The van der Waals surface area contributed by atoms with Crippen LogP contribution in [-0.2, 0) is 18.0 Å². The molecule has 1 N–H and O–H groups in total. The van der Waals surface area contributed by atoms with E-state index in [0.29, 0.717) is 6.54 Å². The largest absolute Gasteiger partial charge is 0.352 e. The Bertz CT molecular complexity index is 883. The molecule has 4 rings (SSSR count). The van der Waals surface area contributed by atoms with Crippen LogP contribution in [0.15, 0.2) is 73.1 Å². The number of hydrogen-bond acceptors (Lipinski definition) is 3. The molecule has 0 aliphatic carbocycles. The first-order chi connectivity index (χ1) is 13.8. The van der Waals surface area contributed by atoms with Crippen LogP contribution in [0.4, 0.5) is 0 Å². The number of carbonyl (C=O) groups excluding carboxylic acids is 1. The summed E-state index contributed by atoms with van der Waals surface area (Å²) in [6.45, 7) is 3.22. The third-order valence-corrected chi connectivity index (χ3v) is 5.35. The maximum absolute atomic E-state index is 12.4. The highest BCUT2D eigenvalue weighted by atomic mass is 16.1. The summed E-state index contributed by atoms with van der Waals surface area (Å²) in [5.74, 6) is 0.284. The normalized spacial score (nSPS) is 15.4. The van der Waals surface area contributed by atoms with Crippen LogP contribution in [0.5, 0.6) is 0 Å². The van der Waals surface area contributed by atoms with Crippen LogP contribution >= 0.6 is 0 Å². The lowest BCUT2D eigenvalue weighted by Crippen LogP contribution is -2.41. The number of nitrogens with one attached hydrogen (secondary N) is 1. The van der Waals surface area contributed by atoms with E-state index in [1.807, 2.05) is 59.4 Å². The zero-order valence-electron chi connectivity index (χ0n) is 16.0. The van der Waals surface area contributed by atoms with Crippen LogP contribution in [0.25, 0.3) is 11.1 Å². The summed E-state index contributed by atoms with van der Waals surface area (Å²) in [4.78, 5) is 14.8.